The summed E-state index contributed by atoms with van der Waals surface area (Å²) in [5, 5.41) is 20.0. The molecule has 1 aromatic carbocycles. The molecule has 0 spiro atoms. The topological polar surface area (TPSA) is 111 Å². The van der Waals surface area contributed by atoms with E-state index in [1.165, 1.54) is 5.56 Å². The number of ether oxygens (including phenoxy) is 1. The fourth-order valence-corrected chi connectivity index (χ4v) is 5.93. The molecule has 3 rings (SSSR count). The van der Waals surface area contributed by atoms with E-state index in [1.54, 1.807) is 0 Å². The first kappa shape index (κ1) is 28.6. The smallest absolute Gasteiger partial charge is 0.341 e. The summed E-state index contributed by atoms with van der Waals surface area (Å²) >= 11 is 0. The Balaban J connectivity index is 1.62. The second-order valence-electron chi connectivity index (χ2n) is 10.6. The number of carboxylic acid groups (broad SMARTS) is 1. The van der Waals surface area contributed by atoms with Gasteiger partial charge in [-0.05, 0) is 87.3 Å². The first-order valence-corrected chi connectivity index (χ1v) is 13.7. The summed E-state index contributed by atoms with van der Waals surface area (Å²) in [5.41, 5.74) is 8.44. The number of fused-ring (bicyclic) bond motifs is 2. The van der Waals surface area contributed by atoms with Gasteiger partial charge in [0.15, 0.2) is 6.61 Å². The van der Waals surface area contributed by atoms with Gasteiger partial charge in [0.05, 0.1) is 18.2 Å². The number of hydrogen-bond donors (Lipinski definition) is 3. The van der Waals surface area contributed by atoms with Gasteiger partial charge in [-0.3, -0.25) is 0 Å². The Kier molecular flexibility index (Phi) is 11.2. The maximum atomic E-state index is 11.0. The molecule has 0 radical (unpaired) electrons. The van der Waals surface area contributed by atoms with Crippen LogP contribution < -0.4 is 10.5 Å². The van der Waals surface area contributed by atoms with Crippen LogP contribution in [0.15, 0.2) is 30.4 Å². The van der Waals surface area contributed by atoms with Crippen LogP contribution in [-0.4, -0.2) is 47.1 Å². The van der Waals surface area contributed by atoms with Gasteiger partial charge in [0, 0.05) is 0 Å². The number of carbonyl (C=O) groups is 1. The molecule has 4 N–H and O–H groups in total. The first-order chi connectivity index (χ1) is 17.3. The molecule has 2 aliphatic rings. The number of unbranched alkanes of at least 4 members (excludes halogenated alkanes) is 2. The number of benzene rings is 1. The van der Waals surface area contributed by atoms with E-state index in [4.69, 9.17) is 25.4 Å². The summed E-state index contributed by atoms with van der Waals surface area (Å²) in [4.78, 5) is 22.6. The fraction of sp³-hybridized carbons (Fsp3) is 0.690. The molecule has 36 heavy (non-hydrogen) atoms. The summed E-state index contributed by atoms with van der Waals surface area (Å²) in [6.45, 7) is 5.72. The van der Waals surface area contributed by atoms with Gasteiger partial charge in [0.25, 0.3) is 0 Å². The van der Waals surface area contributed by atoms with Gasteiger partial charge in [0.1, 0.15) is 11.9 Å². The monoisotopic (exact) mass is 503 g/mol. The Labute approximate surface area is 215 Å². The summed E-state index contributed by atoms with van der Waals surface area (Å²) in [7, 11) is 0. The predicted molar refractivity (Wildman–Crippen MR) is 140 cm³/mol. The molecule has 7 unspecified atom stereocenters. The summed E-state index contributed by atoms with van der Waals surface area (Å²) < 4.78 is 5.57. The van der Waals surface area contributed by atoms with Gasteiger partial charge in [0.2, 0.25) is 0 Å². The molecule has 1 fully saturated rings. The van der Waals surface area contributed by atoms with E-state index >= 15 is 0 Å². The van der Waals surface area contributed by atoms with E-state index in [-0.39, 0.29) is 36.9 Å². The molecule has 0 amide bonds. The minimum absolute atomic E-state index is 0.0186. The van der Waals surface area contributed by atoms with Gasteiger partial charge in [-0.1, -0.05) is 50.5 Å². The number of carboxylic acids is 1. The minimum Gasteiger partial charge on any atom is -0.482 e. The number of aliphatic carboxylic acids is 1. The highest BCUT2D eigenvalue weighted by Crippen LogP contribution is 2.48. The highest BCUT2D eigenvalue weighted by molar-refractivity contribution is 5.68. The van der Waals surface area contributed by atoms with Crippen LogP contribution in [0.5, 0.6) is 5.75 Å². The van der Waals surface area contributed by atoms with E-state index in [0.29, 0.717) is 17.6 Å². The Bertz CT molecular complexity index is 858. The van der Waals surface area contributed by atoms with Crippen molar-refractivity contribution in [2.24, 2.45) is 23.5 Å². The first-order valence-electron chi connectivity index (χ1n) is 13.7. The highest BCUT2D eigenvalue weighted by atomic mass is 17.2. The average molecular weight is 504 g/mol. The molecule has 0 aliphatic heterocycles. The molecule has 2 aliphatic carbocycles. The summed E-state index contributed by atoms with van der Waals surface area (Å²) in [5.74, 6) is 0.684. The van der Waals surface area contributed by atoms with Crippen molar-refractivity contribution in [3.05, 3.63) is 41.5 Å². The lowest BCUT2D eigenvalue weighted by molar-refractivity contribution is -0.351. The largest absolute Gasteiger partial charge is 0.482 e. The SMILES string of the molecule is C/C=C/C(N)C(C)OOC(CCCCC)CCC1C(O)CC2Cc3c(cccc3OCC(=O)O)CC21. The van der Waals surface area contributed by atoms with Crippen LogP contribution in [0.1, 0.15) is 76.8 Å². The lowest BCUT2D eigenvalue weighted by Gasteiger charge is -2.33. The Morgan fingerprint density at radius 1 is 1.22 bits per heavy atom. The standard InChI is InChI=1S/C29H45NO6/c1-4-6-7-11-22(36-35-19(3)26(30)9-5-2)13-14-23-24-15-20-10-8-12-28(34-18-29(32)33)25(20)16-21(24)17-27(23)31/h5,8-10,12,19,21-24,26-27,31H,4,6-7,11,13-18,30H2,1-3H3,(H,32,33)/b9-5+. The third kappa shape index (κ3) is 7.78. The van der Waals surface area contributed by atoms with Gasteiger partial charge in [-0.15, -0.1) is 0 Å². The second-order valence-corrected chi connectivity index (χ2v) is 10.6. The van der Waals surface area contributed by atoms with Crippen LogP contribution >= 0.6 is 0 Å². The van der Waals surface area contributed by atoms with E-state index < -0.39 is 5.97 Å². The van der Waals surface area contributed by atoms with Crippen molar-refractivity contribution < 1.29 is 29.5 Å². The van der Waals surface area contributed by atoms with Crippen molar-refractivity contribution in [3.8, 4) is 5.75 Å². The number of rotatable bonds is 15. The molecular weight excluding hydrogens is 458 g/mol. The third-order valence-corrected chi connectivity index (χ3v) is 7.95. The Hall–Kier alpha value is -1.93. The van der Waals surface area contributed by atoms with Gasteiger partial charge >= 0.3 is 5.97 Å². The molecule has 0 heterocycles. The lowest BCUT2D eigenvalue weighted by Crippen LogP contribution is -2.34. The molecule has 7 heteroatoms. The number of aliphatic hydroxyl groups is 1. The van der Waals surface area contributed by atoms with E-state index in [1.807, 2.05) is 38.1 Å². The average Bonchev–Trinajstić information content (AvgIpc) is 3.16. The highest BCUT2D eigenvalue weighted by Gasteiger charge is 2.45. The predicted octanol–water partition coefficient (Wildman–Crippen LogP) is 4.83. The Morgan fingerprint density at radius 3 is 2.75 bits per heavy atom. The van der Waals surface area contributed by atoms with Crippen LogP contribution in [0.3, 0.4) is 0 Å². The molecule has 1 aromatic rings. The van der Waals surface area contributed by atoms with Crippen LogP contribution in [0.2, 0.25) is 0 Å². The lowest BCUT2D eigenvalue weighted by atomic mass is 9.73. The zero-order valence-electron chi connectivity index (χ0n) is 22.1. The molecule has 0 aromatic heterocycles. The Morgan fingerprint density at radius 2 is 2.03 bits per heavy atom. The van der Waals surface area contributed by atoms with Crippen molar-refractivity contribution in [2.75, 3.05) is 6.61 Å². The molecule has 1 saturated carbocycles. The zero-order chi connectivity index (χ0) is 26.1. The van der Waals surface area contributed by atoms with E-state index in [0.717, 1.165) is 63.4 Å². The molecular formula is C29H45NO6. The van der Waals surface area contributed by atoms with E-state index in [2.05, 4.69) is 13.0 Å². The third-order valence-electron chi connectivity index (χ3n) is 7.95. The van der Waals surface area contributed by atoms with Crippen molar-refractivity contribution in [2.45, 2.75) is 103 Å². The van der Waals surface area contributed by atoms with Gasteiger partial charge in [-0.2, -0.15) is 0 Å². The fourth-order valence-electron chi connectivity index (χ4n) is 5.93. The van der Waals surface area contributed by atoms with Crippen molar-refractivity contribution in [3.63, 3.8) is 0 Å². The van der Waals surface area contributed by atoms with Crippen LogP contribution in [0.25, 0.3) is 0 Å². The summed E-state index contributed by atoms with van der Waals surface area (Å²) in [6.07, 6.45) is 11.8. The molecule has 0 bridgehead atoms. The minimum atomic E-state index is -0.976. The van der Waals surface area contributed by atoms with Crippen molar-refractivity contribution in [1.29, 1.82) is 0 Å². The maximum Gasteiger partial charge on any atom is 0.341 e. The molecule has 7 nitrogen and oxygen atoms in total. The summed E-state index contributed by atoms with van der Waals surface area (Å²) in [6, 6.07) is 5.69. The zero-order valence-corrected chi connectivity index (χ0v) is 22.1. The number of allylic oxidation sites excluding steroid dienone is 1. The van der Waals surface area contributed by atoms with Crippen molar-refractivity contribution in [1.82, 2.24) is 0 Å². The quantitative estimate of drug-likeness (QED) is 0.136. The number of aliphatic hydroxyl groups excluding tert-OH is 1. The van der Waals surface area contributed by atoms with Crippen molar-refractivity contribution >= 4 is 5.97 Å². The number of nitrogens with two attached hydrogens (primary N) is 1. The number of hydrogen-bond acceptors (Lipinski definition) is 6. The van der Waals surface area contributed by atoms with Gasteiger partial charge < -0.3 is 20.7 Å². The van der Waals surface area contributed by atoms with Crippen LogP contribution in [-0.2, 0) is 27.4 Å². The second kappa shape index (κ2) is 14.1. The normalized spacial score (nSPS) is 25.8. The van der Waals surface area contributed by atoms with Gasteiger partial charge in [-0.25, -0.2) is 14.6 Å². The van der Waals surface area contributed by atoms with Crippen LogP contribution in [0.4, 0.5) is 0 Å². The molecule has 202 valence electrons. The van der Waals surface area contributed by atoms with E-state index in [9.17, 15) is 9.90 Å². The maximum absolute atomic E-state index is 11.0. The van der Waals surface area contributed by atoms with Crippen LogP contribution in [0, 0.1) is 17.8 Å². The molecule has 0 saturated heterocycles. The molecule has 7 atom stereocenters.